The summed E-state index contributed by atoms with van der Waals surface area (Å²) in [7, 11) is 0. The summed E-state index contributed by atoms with van der Waals surface area (Å²) in [5.41, 5.74) is 0. The van der Waals surface area contributed by atoms with Gasteiger partial charge in [0.05, 0.1) is 0 Å². The molecular weight excluding hydrogens is 290 g/mol. The Labute approximate surface area is 118 Å². The molecule has 4 heteroatoms. The molecule has 1 aromatic rings. The summed E-state index contributed by atoms with van der Waals surface area (Å²) in [6.45, 7) is 9.95. The molecule has 0 N–H and O–H groups in total. The second-order valence-electron chi connectivity index (χ2n) is 5.82. The van der Waals surface area contributed by atoms with E-state index in [4.69, 9.17) is 4.98 Å². The average molecular weight is 312 g/mol. The van der Waals surface area contributed by atoms with Crippen LogP contribution in [0.4, 0.5) is 5.82 Å². The highest BCUT2D eigenvalue weighted by atomic mass is 79.9. The number of nitrogens with zero attached hydrogens (tertiary/aromatic N) is 3. The number of aromatic nitrogens is 2. The third-order valence-electron chi connectivity index (χ3n) is 3.12. The summed E-state index contributed by atoms with van der Waals surface area (Å²) in [5, 5.41) is 0. The minimum atomic E-state index is 0.459. The van der Waals surface area contributed by atoms with Gasteiger partial charge in [0.2, 0.25) is 0 Å². The Kier molecular flexibility index (Phi) is 4.25. The van der Waals surface area contributed by atoms with Gasteiger partial charge >= 0.3 is 0 Å². The van der Waals surface area contributed by atoms with E-state index < -0.39 is 0 Å². The van der Waals surface area contributed by atoms with Gasteiger partial charge in [-0.15, -0.1) is 0 Å². The molecule has 0 unspecified atom stereocenters. The Hall–Kier alpha value is -0.640. The number of anilines is 1. The summed E-state index contributed by atoms with van der Waals surface area (Å²) in [6.07, 6.45) is 2.48. The number of hydrogen-bond donors (Lipinski definition) is 0. The second kappa shape index (κ2) is 5.55. The smallest absolute Gasteiger partial charge is 0.135 e. The molecule has 1 saturated carbocycles. The first-order chi connectivity index (χ1) is 8.47. The van der Waals surface area contributed by atoms with Crippen molar-refractivity contribution in [1.29, 1.82) is 0 Å². The molecule has 1 aromatic heterocycles. The summed E-state index contributed by atoms with van der Waals surface area (Å²) in [6, 6.07) is 2.50. The van der Waals surface area contributed by atoms with Gasteiger partial charge in [-0.05, 0) is 48.5 Å². The van der Waals surface area contributed by atoms with Gasteiger partial charge in [0.25, 0.3) is 0 Å². The molecule has 18 heavy (non-hydrogen) atoms. The van der Waals surface area contributed by atoms with Gasteiger partial charge < -0.3 is 4.90 Å². The van der Waals surface area contributed by atoms with Gasteiger partial charge in [-0.1, -0.05) is 13.8 Å². The van der Waals surface area contributed by atoms with Gasteiger partial charge in [-0.3, -0.25) is 0 Å². The zero-order chi connectivity index (χ0) is 13.3. The molecule has 2 rings (SSSR count). The number of hydrogen-bond acceptors (Lipinski definition) is 3. The largest absolute Gasteiger partial charge is 0.354 e. The SMILES string of the molecule is CC(C)CN(c1cc(Br)nc(C2CC2)n1)C(C)C. The second-order valence-corrected chi connectivity index (χ2v) is 6.63. The van der Waals surface area contributed by atoms with Crippen LogP contribution in [0.25, 0.3) is 0 Å². The molecule has 0 radical (unpaired) electrons. The molecule has 1 aliphatic carbocycles. The lowest BCUT2D eigenvalue weighted by Gasteiger charge is -2.30. The summed E-state index contributed by atoms with van der Waals surface area (Å²) < 4.78 is 0.906. The van der Waals surface area contributed by atoms with Gasteiger partial charge in [0.15, 0.2) is 0 Å². The Balaban J connectivity index is 2.28. The molecule has 0 bridgehead atoms. The zero-order valence-corrected chi connectivity index (χ0v) is 13.2. The van der Waals surface area contributed by atoms with Crippen LogP contribution in [0.3, 0.4) is 0 Å². The van der Waals surface area contributed by atoms with Crippen molar-refractivity contribution in [2.45, 2.75) is 52.5 Å². The van der Waals surface area contributed by atoms with E-state index in [0.717, 1.165) is 22.8 Å². The van der Waals surface area contributed by atoms with Crippen molar-refractivity contribution in [3.8, 4) is 0 Å². The third-order valence-corrected chi connectivity index (χ3v) is 3.53. The first kappa shape index (κ1) is 13.8. The lowest BCUT2D eigenvalue weighted by Crippen LogP contribution is -2.35. The topological polar surface area (TPSA) is 29.0 Å². The maximum absolute atomic E-state index is 4.76. The molecule has 0 aromatic carbocycles. The van der Waals surface area contributed by atoms with Crippen molar-refractivity contribution >= 4 is 21.7 Å². The van der Waals surface area contributed by atoms with E-state index in [9.17, 15) is 0 Å². The summed E-state index contributed by atoms with van der Waals surface area (Å²) >= 11 is 3.51. The van der Waals surface area contributed by atoms with Crippen LogP contribution in [-0.4, -0.2) is 22.6 Å². The van der Waals surface area contributed by atoms with E-state index in [1.807, 2.05) is 6.07 Å². The Morgan fingerprint density at radius 3 is 2.44 bits per heavy atom. The van der Waals surface area contributed by atoms with Crippen molar-refractivity contribution in [2.75, 3.05) is 11.4 Å². The van der Waals surface area contributed by atoms with Crippen molar-refractivity contribution in [3.63, 3.8) is 0 Å². The molecule has 0 saturated heterocycles. The molecule has 100 valence electrons. The van der Waals surface area contributed by atoms with Crippen LogP contribution < -0.4 is 4.90 Å². The fraction of sp³-hybridized carbons (Fsp3) is 0.714. The summed E-state index contributed by atoms with van der Waals surface area (Å²) in [5.74, 6) is 3.29. The minimum absolute atomic E-state index is 0.459. The predicted molar refractivity (Wildman–Crippen MR) is 79.0 cm³/mol. The summed E-state index contributed by atoms with van der Waals surface area (Å²) in [4.78, 5) is 11.6. The molecule has 0 atom stereocenters. The lowest BCUT2D eigenvalue weighted by atomic mass is 10.2. The van der Waals surface area contributed by atoms with Gasteiger partial charge in [-0.25, -0.2) is 9.97 Å². The maximum Gasteiger partial charge on any atom is 0.135 e. The predicted octanol–water partition coefficient (Wildman–Crippen LogP) is 3.99. The molecule has 0 amide bonds. The van der Waals surface area contributed by atoms with Crippen molar-refractivity contribution in [3.05, 3.63) is 16.5 Å². The Morgan fingerprint density at radius 2 is 1.94 bits per heavy atom. The maximum atomic E-state index is 4.76. The molecule has 1 aliphatic rings. The van der Waals surface area contributed by atoms with Gasteiger partial charge in [-0.2, -0.15) is 0 Å². The standard InChI is InChI=1S/C14H22BrN3/c1-9(2)8-18(10(3)4)13-7-12(15)16-14(17-13)11-5-6-11/h7,9-11H,5-6,8H2,1-4H3. The monoisotopic (exact) mass is 311 g/mol. The van der Waals surface area contributed by atoms with E-state index in [-0.39, 0.29) is 0 Å². The zero-order valence-electron chi connectivity index (χ0n) is 11.7. The molecule has 0 aliphatic heterocycles. The lowest BCUT2D eigenvalue weighted by molar-refractivity contribution is 0.564. The Morgan fingerprint density at radius 1 is 1.28 bits per heavy atom. The molecule has 1 heterocycles. The van der Waals surface area contributed by atoms with Crippen molar-refractivity contribution in [1.82, 2.24) is 9.97 Å². The highest BCUT2D eigenvalue weighted by molar-refractivity contribution is 9.10. The first-order valence-corrected chi connectivity index (χ1v) is 7.57. The highest BCUT2D eigenvalue weighted by Gasteiger charge is 2.28. The van der Waals surface area contributed by atoms with E-state index in [1.165, 1.54) is 12.8 Å². The van der Waals surface area contributed by atoms with E-state index in [2.05, 4.69) is 53.5 Å². The van der Waals surface area contributed by atoms with Crippen LogP contribution in [0.1, 0.15) is 52.3 Å². The van der Waals surface area contributed by atoms with Crippen LogP contribution in [0.15, 0.2) is 10.7 Å². The van der Waals surface area contributed by atoms with Crippen LogP contribution in [0.2, 0.25) is 0 Å². The molecule has 0 spiro atoms. The molecule has 1 fully saturated rings. The number of halogens is 1. The van der Waals surface area contributed by atoms with Crippen molar-refractivity contribution < 1.29 is 0 Å². The van der Waals surface area contributed by atoms with Crippen LogP contribution in [0, 0.1) is 5.92 Å². The molecule has 3 nitrogen and oxygen atoms in total. The Bertz CT molecular complexity index is 414. The van der Waals surface area contributed by atoms with E-state index in [1.54, 1.807) is 0 Å². The fourth-order valence-corrected chi connectivity index (χ4v) is 2.44. The van der Waals surface area contributed by atoms with Crippen LogP contribution in [0.5, 0.6) is 0 Å². The van der Waals surface area contributed by atoms with Gasteiger partial charge in [0.1, 0.15) is 16.2 Å². The fourth-order valence-electron chi connectivity index (χ4n) is 2.06. The first-order valence-electron chi connectivity index (χ1n) is 6.78. The van der Waals surface area contributed by atoms with Crippen LogP contribution >= 0.6 is 15.9 Å². The average Bonchev–Trinajstić information content (AvgIpc) is 3.08. The minimum Gasteiger partial charge on any atom is -0.354 e. The number of rotatable bonds is 5. The van der Waals surface area contributed by atoms with Crippen molar-refractivity contribution in [2.24, 2.45) is 5.92 Å². The third kappa shape index (κ3) is 3.44. The quantitative estimate of drug-likeness (QED) is 0.770. The van der Waals surface area contributed by atoms with E-state index in [0.29, 0.717) is 17.9 Å². The molecular formula is C14H22BrN3. The van der Waals surface area contributed by atoms with Crippen LogP contribution in [-0.2, 0) is 0 Å². The van der Waals surface area contributed by atoms with E-state index >= 15 is 0 Å². The normalized spacial score (nSPS) is 15.5. The highest BCUT2D eigenvalue weighted by Crippen LogP contribution is 2.39. The van der Waals surface area contributed by atoms with Gasteiger partial charge in [0, 0.05) is 24.6 Å².